The number of amides is 1. The molecule has 1 N–H and O–H groups in total. The molecule has 0 radical (unpaired) electrons. The average Bonchev–Trinajstić information content (AvgIpc) is 3.21. The first-order chi connectivity index (χ1) is 13.1. The SMILES string of the molecule is COCCn1c(SCC(=O)N[C@H](C)c2ccco2)nc2ncccc2c1=O. The number of carbonyl (C=O) groups excluding carboxylic acids is 1. The summed E-state index contributed by atoms with van der Waals surface area (Å²) in [6.07, 6.45) is 3.15. The normalized spacial score (nSPS) is 12.2. The maximum absolute atomic E-state index is 12.7. The molecule has 9 heteroatoms. The molecule has 142 valence electrons. The van der Waals surface area contributed by atoms with Crippen molar-refractivity contribution in [3.63, 3.8) is 0 Å². The average molecular weight is 388 g/mol. The molecular weight excluding hydrogens is 368 g/mol. The molecule has 3 aromatic rings. The molecule has 27 heavy (non-hydrogen) atoms. The van der Waals surface area contributed by atoms with Crippen LogP contribution in [0.25, 0.3) is 11.0 Å². The maximum Gasteiger partial charge on any atom is 0.263 e. The molecule has 0 fully saturated rings. The molecule has 1 amide bonds. The number of aromatic nitrogens is 3. The number of pyridine rings is 1. The van der Waals surface area contributed by atoms with E-state index in [0.29, 0.717) is 35.1 Å². The predicted octanol–water partition coefficient (Wildman–Crippen LogP) is 2.00. The Hall–Kier alpha value is -2.65. The van der Waals surface area contributed by atoms with Crippen LogP contribution in [0.3, 0.4) is 0 Å². The number of nitrogens with zero attached hydrogens (tertiary/aromatic N) is 3. The van der Waals surface area contributed by atoms with Gasteiger partial charge in [-0.25, -0.2) is 9.97 Å². The molecule has 0 spiro atoms. The van der Waals surface area contributed by atoms with E-state index < -0.39 is 0 Å². The monoisotopic (exact) mass is 388 g/mol. The Bertz CT molecular complexity index is 971. The summed E-state index contributed by atoms with van der Waals surface area (Å²) in [5.74, 6) is 0.610. The molecule has 0 saturated carbocycles. The lowest BCUT2D eigenvalue weighted by Crippen LogP contribution is -2.29. The van der Waals surface area contributed by atoms with E-state index in [4.69, 9.17) is 9.15 Å². The summed E-state index contributed by atoms with van der Waals surface area (Å²) < 4.78 is 11.9. The first-order valence-electron chi connectivity index (χ1n) is 8.40. The molecule has 0 aliphatic heterocycles. The highest BCUT2D eigenvalue weighted by molar-refractivity contribution is 7.99. The highest BCUT2D eigenvalue weighted by Gasteiger charge is 2.16. The zero-order chi connectivity index (χ0) is 19.2. The summed E-state index contributed by atoms with van der Waals surface area (Å²) in [6.45, 7) is 2.55. The van der Waals surface area contributed by atoms with Crippen molar-refractivity contribution in [1.82, 2.24) is 19.9 Å². The van der Waals surface area contributed by atoms with Gasteiger partial charge in [0, 0.05) is 13.3 Å². The summed E-state index contributed by atoms with van der Waals surface area (Å²) in [4.78, 5) is 33.6. The van der Waals surface area contributed by atoms with Crippen molar-refractivity contribution < 1.29 is 13.9 Å². The zero-order valence-corrected chi connectivity index (χ0v) is 15.9. The second-order valence-corrected chi connectivity index (χ2v) is 6.75. The molecule has 3 rings (SSSR count). The van der Waals surface area contributed by atoms with Crippen LogP contribution in [-0.2, 0) is 16.1 Å². The van der Waals surface area contributed by atoms with Crippen molar-refractivity contribution in [2.45, 2.75) is 24.7 Å². The highest BCUT2D eigenvalue weighted by atomic mass is 32.2. The van der Waals surface area contributed by atoms with Crippen LogP contribution in [-0.4, -0.2) is 39.9 Å². The van der Waals surface area contributed by atoms with Gasteiger partial charge in [-0.15, -0.1) is 0 Å². The Morgan fingerprint density at radius 1 is 1.41 bits per heavy atom. The third kappa shape index (κ3) is 4.55. The van der Waals surface area contributed by atoms with Gasteiger partial charge in [0.1, 0.15) is 5.76 Å². The Morgan fingerprint density at radius 2 is 2.26 bits per heavy atom. The molecule has 3 heterocycles. The van der Waals surface area contributed by atoms with Gasteiger partial charge < -0.3 is 14.5 Å². The summed E-state index contributed by atoms with van der Waals surface area (Å²) in [5, 5.41) is 3.73. The van der Waals surface area contributed by atoms with Crippen LogP contribution in [0.4, 0.5) is 0 Å². The summed E-state index contributed by atoms with van der Waals surface area (Å²) in [5.41, 5.74) is 0.167. The first-order valence-corrected chi connectivity index (χ1v) is 9.38. The first kappa shape index (κ1) is 19.1. The summed E-state index contributed by atoms with van der Waals surface area (Å²) >= 11 is 1.19. The molecule has 3 aromatic heterocycles. The minimum atomic E-state index is -0.241. The van der Waals surface area contributed by atoms with Crippen LogP contribution in [0.1, 0.15) is 18.7 Å². The number of fused-ring (bicyclic) bond motifs is 1. The minimum absolute atomic E-state index is 0.114. The lowest BCUT2D eigenvalue weighted by molar-refractivity contribution is -0.119. The third-order valence-corrected chi connectivity index (χ3v) is 4.87. The standard InChI is InChI=1S/C18H20N4O4S/c1-12(14-6-4-9-26-14)20-15(23)11-27-18-21-16-13(5-3-7-19-16)17(24)22(18)8-10-25-2/h3-7,9,12H,8,10-11H2,1-2H3,(H,20,23)/t12-/m1/s1. The van der Waals surface area contributed by atoms with Crippen molar-refractivity contribution in [2.75, 3.05) is 19.5 Å². The molecule has 0 bridgehead atoms. The van der Waals surface area contributed by atoms with Gasteiger partial charge in [0.05, 0.1) is 36.6 Å². The summed E-state index contributed by atoms with van der Waals surface area (Å²) in [6, 6.07) is 6.72. The molecule has 0 saturated heterocycles. The third-order valence-electron chi connectivity index (χ3n) is 3.89. The van der Waals surface area contributed by atoms with E-state index >= 15 is 0 Å². The number of carbonyl (C=O) groups is 1. The number of furan rings is 1. The lowest BCUT2D eigenvalue weighted by atomic mass is 10.2. The number of thioether (sulfide) groups is 1. The topological polar surface area (TPSA) is 99.2 Å². The number of hydrogen-bond acceptors (Lipinski definition) is 7. The number of rotatable bonds is 8. The van der Waals surface area contributed by atoms with Crippen molar-refractivity contribution in [2.24, 2.45) is 0 Å². The van der Waals surface area contributed by atoms with Gasteiger partial charge in [-0.05, 0) is 31.2 Å². The van der Waals surface area contributed by atoms with Gasteiger partial charge in [-0.2, -0.15) is 0 Å². The Morgan fingerprint density at radius 3 is 3.00 bits per heavy atom. The fourth-order valence-corrected chi connectivity index (χ4v) is 3.37. The molecule has 0 aliphatic rings. The molecular formula is C18H20N4O4S. The maximum atomic E-state index is 12.7. The van der Waals surface area contributed by atoms with E-state index in [9.17, 15) is 9.59 Å². The molecule has 1 atom stereocenters. The quantitative estimate of drug-likeness (QED) is 0.465. The largest absolute Gasteiger partial charge is 0.467 e. The van der Waals surface area contributed by atoms with Crippen molar-refractivity contribution in [1.29, 1.82) is 0 Å². The fourth-order valence-electron chi connectivity index (χ4n) is 2.55. The van der Waals surface area contributed by atoms with Gasteiger partial charge in [0.15, 0.2) is 10.8 Å². The van der Waals surface area contributed by atoms with E-state index in [-0.39, 0.29) is 23.3 Å². The van der Waals surface area contributed by atoms with Crippen LogP contribution in [0.15, 0.2) is 51.1 Å². The predicted molar refractivity (Wildman–Crippen MR) is 102 cm³/mol. The van der Waals surface area contributed by atoms with E-state index in [1.54, 1.807) is 43.8 Å². The Labute approximate surface area is 159 Å². The van der Waals surface area contributed by atoms with Gasteiger partial charge in [-0.1, -0.05) is 11.8 Å². The van der Waals surface area contributed by atoms with Crippen LogP contribution >= 0.6 is 11.8 Å². The molecule has 8 nitrogen and oxygen atoms in total. The molecule has 0 aromatic carbocycles. The number of ether oxygens (including phenoxy) is 1. The smallest absolute Gasteiger partial charge is 0.263 e. The number of hydrogen-bond donors (Lipinski definition) is 1. The Kier molecular flexibility index (Phi) is 6.25. The second kappa shape index (κ2) is 8.83. The number of methoxy groups -OCH3 is 1. The highest BCUT2D eigenvalue weighted by Crippen LogP contribution is 2.18. The summed E-state index contributed by atoms with van der Waals surface area (Å²) in [7, 11) is 1.57. The number of nitrogens with one attached hydrogen (secondary N) is 1. The molecule has 0 unspecified atom stereocenters. The van der Waals surface area contributed by atoms with Crippen molar-refractivity contribution in [3.05, 3.63) is 52.8 Å². The minimum Gasteiger partial charge on any atom is -0.467 e. The van der Waals surface area contributed by atoms with Crippen LogP contribution < -0.4 is 10.9 Å². The van der Waals surface area contributed by atoms with Crippen LogP contribution in [0.5, 0.6) is 0 Å². The van der Waals surface area contributed by atoms with Gasteiger partial charge in [0.25, 0.3) is 5.56 Å². The second-order valence-electron chi connectivity index (χ2n) is 5.81. The van der Waals surface area contributed by atoms with Crippen LogP contribution in [0.2, 0.25) is 0 Å². The van der Waals surface area contributed by atoms with Gasteiger partial charge in [-0.3, -0.25) is 14.2 Å². The van der Waals surface area contributed by atoms with E-state index in [1.165, 1.54) is 16.3 Å². The lowest BCUT2D eigenvalue weighted by Gasteiger charge is -2.13. The Balaban J connectivity index is 1.76. The van der Waals surface area contributed by atoms with E-state index in [2.05, 4.69) is 15.3 Å². The van der Waals surface area contributed by atoms with Crippen molar-refractivity contribution >= 4 is 28.7 Å². The zero-order valence-electron chi connectivity index (χ0n) is 15.0. The molecule has 0 aliphatic carbocycles. The van der Waals surface area contributed by atoms with Crippen molar-refractivity contribution in [3.8, 4) is 0 Å². The van der Waals surface area contributed by atoms with E-state index in [0.717, 1.165) is 0 Å². The van der Waals surface area contributed by atoms with E-state index in [1.807, 2.05) is 6.92 Å². The van der Waals surface area contributed by atoms with Crippen LogP contribution in [0, 0.1) is 0 Å². The van der Waals surface area contributed by atoms with Gasteiger partial charge >= 0.3 is 0 Å². The van der Waals surface area contributed by atoms with Gasteiger partial charge in [0.2, 0.25) is 5.91 Å². The fraction of sp³-hybridized carbons (Fsp3) is 0.333.